The van der Waals surface area contributed by atoms with Crippen LogP contribution in [0.3, 0.4) is 0 Å². The molecule has 0 amide bonds. The highest BCUT2D eigenvalue weighted by Gasteiger charge is 2.17. The topological polar surface area (TPSA) is 72.2 Å². The Balaban J connectivity index is 2.47. The van der Waals surface area contributed by atoms with E-state index in [0.717, 1.165) is 11.8 Å². The molecule has 2 rings (SSSR count). The molecule has 0 heterocycles. The molecule has 0 aliphatic heterocycles. The number of anilines is 1. The first-order valence-corrected chi connectivity index (χ1v) is 7.78. The zero-order chi connectivity index (χ0) is 17.7. The van der Waals surface area contributed by atoms with E-state index in [1.165, 1.54) is 6.20 Å². The van der Waals surface area contributed by atoms with Gasteiger partial charge in [-0.25, -0.2) is 0 Å². The second-order valence-corrected chi connectivity index (χ2v) is 5.92. The molecule has 1 N–H and O–H groups in total. The zero-order valence-corrected chi connectivity index (χ0v) is 14.1. The number of nitrogens with one attached hydrogen (secondary N) is 1. The fraction of sp³-hybridized carbons (Fsp3) is 0.167. The van der Waals surface area contributed by atoms with Crippen LogP contribution < -0.4 is 5.32 Å². The van der Waals surface area contributed by atoms with Crippen LogP contribution in [0.4, 0.5) is 5.69 Å². The summed E-state index contributed by atoms with van der Waals surface area (Å²) in [5.41, 5.74) is 2.29. The first-order chi connectivity index (χ1) is 11.4. The molecule has 124 valence electrons. The number of carbonyl (C=O) groups is 1. The molecule has 0 spiro atoms. The molecule has 0 saturated heterocycles. The minimum atomic E-state index is -0.578. The number of carbonyl (C=O) groups excluding carboxylic acids is 1. The predicted octanol–water partition coefficient (Wildman–Crippen LogP) is 4.85. The Morgan fingerprint density at radius 1 is 1.21 bits per heavy atom. The fourth-order valence-corrected chi connectivity index (χ4v) is 2.43. The second-order valence-electron chi connectivity index (χ2n) is 5.51. The SMILES string of the molecule is CC(C)c1ccc(N/C=C/[N+](=O)[O-])c(C(=O)c2ccccc2Cl)c1. The van der Waals surface area contributed by atoms with Crippen molar-refractivity contribution in [2.75, 3.05) is 5.32 Å². The van der Waals surface area contributed by atoms with Gasteiger partial charge in [0.25, 0.3) is 0 Å². The summed E-state index contributed by atoms with van der Waals surface area (Å²) < 4.78 is 0. The van der Waals surface area contributed by atoms with Crippen LogP contribution in [0.15, 0.2) is 54.9 Å². The molecule has 2 aromatic carbocycles. The van der Waals surface area contributed by atoms with Gasteiger partial charge in [0, 0.05) is 16.8 Å². The van der Waals surface area contributed by atoms with Crippen molar-refractivity contribution >= 4 is 23.1 Å². The standard InChI is InChI=1S/C18H17ClN2O3/c1-12(2)13-7-8-17(20-9-10-21(23)24)15(11-13)18(22)14-5-3-4-6-16(14)19/h3-12,20H,1-2H3/b10-9+. The van der Waals surface area contributed by atoms with Gasteiger partial charge in [-0.15, -0.1) is 0 Å². The van der Waals surface area contributed by atoms with E-state index >= 15 is 0 Å². The van der Waals surface area contributed by atoms with Crippen LogP contribution in [0, 0.1) is 10.1 Å². The van der Waals surface area contributed by atoms with Crippen LogP contribution in [-0.2, 0) is 0 Å². The maximum atomic E-state index is 12.9. The minimum Gasteiger partial charge on any atom is -0.356 e. The number of ketones is 1. The lowest BCUT2D eigenvalue weighted by Gasteiger charge is -2.13. The van der Waals surface area contributed by atoms with E-state index < -0.39 is 4.92 Å². The first-order valence-electron chi connectivity index (χ1n) is 7.40. The number of halogens is 1. The smallest absolute Gasteiger partial charge is 0.250 e. The number of nitro groups is 1. The molecule has 0 aromatic heterocycles. The van der Waals surface area contributed by atoms with E-state index in [0.29, 0.717) is 21.8 Å². The first kappa shape index (κ1) is 17.7. The van der Waals surface area contributed by atoms with E-state index in [2.05, 4.69) is 5.32 Å². The molecule has 0 unspecified atom stereocenters. The van der Waals surface area contributed by atoms with Crippen LogP contribution in [0.1, 0.15) is 41.3 Å². The number of rotatable bonds is 6. The largest absolute Gasteiger partial charge is 0.356 e. The Labute approximate surface area is 145 Å². The molecule has 5 nitrogen and oxygen atoms in total. The third kappa shape index (κ3) is 4.20. The van der Waals surface area contributed by atoms with Crippen LogP contribution in [0.5, 0.6) is 0 Å². The Morgan fingerprint density at radius 3 is 2.54 bits per heavy atom. The van der Waals surface area contributed by atoms with Gasteiger partial charge in [0.2, 0.25) is 6.20 Å². The summed E-state index contributed by atoms with van der Waals surface area (Å²) in [6.07, 6.45) is 1.97. The van der Waals surface area contributed by atoms with Gasteiger partial charge < -0.3 is 5.32 Å². The summed E-state index contributed by atoms with van der Waals surface area (Å²) in [6, 6.07) is 12.2. The van der Waals surface area contributed by atoms with Crippen molar-refractivity contribution in [1.29, 1.82) is 0 Å². The van der Waals surface area contributed by atoms with Gasteiger partial charge >= 0.3 is 0 Å². The number of hydrogen-bond acceptors (Lipinski definition) is 4. The lowest BCUT2D eigenvalue weighted by molar-refractivity contribution is -0.402. The number of benzene rings is 2. The summed E-state index contributed by atoms with van der Waals surface area (Å²) in [5, 5.41) is 13.6. The van der Waals surface area contributed by atoms with Crippen molar-refractivity contribution < 1.29 is 9.72 Å². The van der Waals surface area contributed by atoms with Crippen molar-refractivity contribution in [3.05, 3.63) is 86.7 Å². The van der Waals surface area contributed by atoms with Crippen LogP contribution in [-0.4, -0.2) is 10.7 Å². The Kier molecular flexibility index (Phi) is 5.71. The van der Waals surface area contributed by atoms with E-state index in [4.69, 9.17) is 11.6 Å². The third-order valence-corrected chi connectivity index (χ3v) is 3.84. The Bertz CT molecular complexity index is 801. The summed E-state index contributed by atoms with van der Waals surface area (Å²) in [7, 11) is 0. The Hall–Kier alpha value is -2.66. The van der Waals surface area contributed by atoms with Crippen molar-refractivity contribution in [3.8, 4) is 0 Å². The minimum absolute atomic E-state index is 0.236. The molecule has 24 heavy (non-hydrogen) atoms. The molecule has 6 heteroatoms. The van der Waals surface area contributed by atoms with E-state index in [1.807, 2.05) is 19.9 Å². The Morgan fingerprint density at radius 2 is 1.92 bits per heavy atom. The highest BCUT2D eigenvalue weighted by Crippen LogP contribution is 2.27. The van der Waals surface area contributed by atoms with E-state index in [9.17, 15) is 14.9 Å². The average molecular weight is 345 g/mol. The highest BCUT2D eigenvalue weighted by molar-refractivity contribution is 6.35. The second kappa shape index (κ2) is 7.75. The maximum Gasteiger partial charge on any atom is 0.250 e. The van der Waals surface area contributed by atoms with Crippen LogP contribution in [0.2, 0.25) is 5.02 Å². The van der Waals surface area contributed by atoms with Gasteiger partial charge in [0.1, 0.15) is 0 Å². The summed E-state index contributed by atoms with van der Waals surface area (Å²) in [6.45, 7) is 4.05. The fourth-order valence-electron chi connectivity index (χ4n) is 2.21. The van der Waals surface area contributed by atoms with Gasteiger partial charge in [-0.2, -0.15) is 0 Å². The summed E-state index contributed by atoms with van der Waals surface area (Å²) in [4.78, 5) is 22.7. The molecule has 0 aliphatic rings. The lowest BCUT2D eigenvalue weighted by Crippen LogP contribution is -2.07. The van der Waals surface area contributed by atoms with Gasteiger partial charge in [0.05, 0.1) is 16.1 Å². The van der Waals surface area contributed by atoms with E-state index in [1.54, 1.807) is 36.4 Å². The monoisotopic (exact) mass is 344 g/mol. The molecule has 0 atom stereocenters. The summed E-state index contributed by atoms with van der Waals surface area (Å²) >= 11 is 6.13. The molecule has 2 aromatic rings. The summed E-state index contributed by atoms with van der Waals surface area (Å²) in [5.74, 6) is 0.00580. The van der Waals surface area contributed by atoms with Gasteiger partial charge in [-0.1, -0.05) is 43.6 Å². The molecule has 0 saturated carbocycles. The molecule has 0 aliphatic carbocycles. The van der Waals surface area contributed by atoms with Crippen LogP contribution in [0.25, 0.3) is 0 Å². The van der Waals surface area contributed by atoms with Gasteiger partial charge in [-0.05, 0) is 35.7 Å². The zero-order valence-electron chi connectivity index (χ0n) is 13.3. The molecule has 0 fully saturated rings. The van der Waals surface area contributed by atoms with Gasteiger partial charge in [0.15, 0.2) is 5.78 Å². The highest BCUT2D eigenvalue weighted by atomic mass is 35.5. The number of nitrogens with zero attached hydrogens (tertiary/aromatic N) is 1. The normalized spacial score (nSPS) is 11.0. The number of hydrogen-bond donors (Lipinski definition) is 1. The van der Waals surface area contributed by atoms with Crippen LogP contribution >= 0.6 is 11.6 Å². The van der Waals surface area contributed by atoms with Gasteiger partial charge in [-0.3, -0.25) is 14.9 Å². The van der Waals surface area contributed by atoms with Crippen molar-refractivity contribution in [2.45, 2.75) is 19.8 Å². The van der Waals surface area contributed by atoms with E-state index in [-0.39, 0.29) is 11.7 Å². The average Bonchev–Trinajstić information content (AvgIpc) is 2.54. The van der Waals surface area contributed by atoms with Crippen molar-refractivity contribution in [3.63, 3.8) is 0 Å². The van der Waals surface area contributed by atoms with Crippen molar-refractivity contribution in [2.24, 2.45) is 0 Å². The molecule has 0 radical (unpaired) electrons. The maximum absolute atomic E-state index is 12.9. The third-order valence-electron chi connectivity index (χ3n) is 3.51. The molecular weight excluding hydrogens is 328 g/mol. The molecular formula is C18H17ClN2O3. The predicted molar refractivity (Wildman–Crippen MR) is 95.2 cm³/mol. The molecule has 0 bridgehead atoms. The van der Waals surface area contributed by atoms with Crippen molar-refractivity contribution in [1.82, 2.24) is 0 Å². The lowest BCUT2D eigenvalue weighted by atomic mass is 9.95. The quantitative estimate of drug-likeness (QED) is 0.461.